The average Bonchev–Trinajstić information content (AvgIpc) is 2.95. The number of hydrogen-bond acceptors (Lipinski definition) is 2. The topological polar surface area (TPSA) is 21.1 Å². The Morgan fingerprint density at radius 1 is 1.08 bits per heavy atom. The molecular formula is C23H29N3. The van der Waals surface area contributed by atoms with Gasteiger partial charge >= 0.3 is 0 Å². The molecule has 26 heavy (non-hydrogen) atoms. The highest BCUT2D eigenvalue weighted by Crippen LogP contribution is 2.35. The molecular weight excluding hydrogens is 318 g/mol. The molecule has 0 bridgehead atoms. The Bertz CT molecular complexity index is 916. The fraction of sp³-hybridized carbons (Fsp3) is 0.435. The minimum absolute atomic E-state index is 0.208. The Kier molecular flexibility index (Phi) is 4.36. The highest BCUT2D eigenvalue weighted by Gasteiger charge is 2.30. The van der Waals surface area contributed by atoms with Gasteiger partial charge in [0.15, 0.2) is 0 Å². The molecule has 0 radical (unpaired) electrons. The van der Waals surface area contributed by atoms with Crippen LogP contribution in [0.1, 0.15) is 50.1 Å². The summed E-state index contributed by atoms with van der Waals surface area (Å²) in [6, 6.07) is 11.1. The summed E-state index contributed by atoms with van der Waals surface area (Å²) in [4.78, 5) is 6.79. The smallest absolute Gasteiger partial charge is 0.0521 e. The third-order valence-electron chi connectivity index (χ3n) is 5.78. The van der Waals surface area contributed by atoms with Gasteiger partial charge < -0.3 is 4.57 Å². The largest absolute Gasteiger partial charge is 0.340 e. The molecule has 2 aromatic heterocycles. The Morgan fingerprint density at radius 2 is 1.85 bits per heavy atom. The van der Waals surface area contributed by atoms with Crippen LogP contribution < -0.4 is 0 Å². The number of fused-ring (bicyclic) bond motifs is 3. The number of nitrogens with zero attached hydrogens (tertiary/aromatic N) is 3. The quantitative estimate of drug-likeness (QED) is 0.678. The molecule has 3 nitrogen and oxygen atoms in total. The van der Waals surface area contributed by atoms with Gasteiger partial charge in [-0.3, -0.25) is 9.88 Å². The molecule has 4 rings (SSSR count). The van der Waals surface area contributed by atoms with Crippen LogP contribution in [0.25, 0.3) is 10.9 Å². The van der Waals surface area contributed by atoms with Crippen LogP contribution in [0.3, 0.4) is 0 Å². The Balaban J connectivity index is 1.88. The van der Waals surface area contributed by atoms with E-state index in [1.54, 1.807) is 0 Å². The molecule has 0 unspecified atom stereocenters. The van der Waals surface area contributed by atoms with Gasteiger partial charge in [-0.05, 0) is 56.0 Å². The van der Waals surface area contributed by atoms with Crippen molar-refractivity contribution in [3.63, 3.8) is 0 Å². The fourth-order valence-electron chi connectivity index (χ4n) is 4.28. The SMILES string of the molecule is CCc1cccc2c3c(n(Cc4ccncc4)c12)CCN(C(C)(C)C)C3. The molecule has 1 aromatic carbocycles. The van der Waals surface area contributed by atoms with Gasteiger partial charge in [-0.15, -0.1) is 0 Å². The van der Waals surface area contributed by atoms with E-state index in [-0.39, 0.29) is 5.54 Å². The first kappa shape index (κ1) is 17.3. The molecule has 0 aliphatic carbocycles. The average molecular weight is 348 g/mol. The van der Waals surface area contributed by atoms with Crippen LogP contribution in [0.5, 0.6) is 0 Å². The van der Waals surface area contributed by atoms with E-state index in [4.69, 9.17) is 0 Å². The van der Waals surface area contributed by atoms with E-state index in [1.165, 1.54) is 33.3 Å². The number of aryl methyl sites for hydroxylation is 1. The van der Waals surface area contributed by atoms with Crippen molar-refractivity contribution in [3.05, 3.63) is 65.1 Å². The summed E-state index contributed by atoms with van der Waals surface area (Å²) in [5.74, 6) is 0. The second kappa shape index (κ2) is 6.55. The number of aromatic nitrogens is 2. The van der Waals surface area contributed by atoms with Gasteiger partial charge in [0, 0.05) is 55.1 Å². The Morgan fingerprint density at radius 3 is 2.54 bits per heavy atom. The normalized spacial score (nSPS) is 15.4. The second-order valence-electron chi connectivity index (χ2n) is 8.38. The molecule has 0 amide bonds. The highest BCUT2D eigenvalue weighted by molar-refractivity contribution is 5.88. The van der Waals surface area contributed by atoms with Crippen LogP contribution in [0.2, 0.25) is 0 Å². The minimum Gasteiger partial charge on any atom is -0.340 e. The van der Waals surface area contributed by atoms with Gasteiger partial charge in [-0.2, -0.15) is 0 Å². The standard InChI is InChI=1S/C23H29N3/c1-5-18-7-6-8-19-20-16-25(23(2,3)4)14-11-21(20)26(22(18)19)15-17-9-12-24-13-10-17/h6-10,12-13H,5,11,14-16H2,1-4H3. The maximum absolute atomic E-state index is 4.18. The molecule has 3 heterocycles. The van der Waals surface area contributed by atoms with Crippen molar-refractivity contribution in [2.75, 3.05) is 6.54 Å². The minimum atomic E-state index is 0.208. The summed E-state index contributed by atoms with van der Waals surface area (Å²) in [5.41, 5.74) is 7.48. The molecule has 136 valence electrons. The molecule has 3 aromatic rings. The maximum Gasteiger partial charge on any atom is 0.0521 e. The lowest BCUT2D eigenvalue weighted by molar-refractivity contribution is 0.120. The molecule has 1 aliphatic rings. The van der Waals surface area contributed by atoms with Gasteiger partial charge in [0.05, 0.1) is 5.52 Å². The molecule has 0 atom stereocenters. The van der Waals surface area contributed by atoms with Crippen LogP contribution in [0.15, 0.2) is 42.7 Å². The van der Waals surface area contributed by atoms with Crippen LogP contribution in [0, 0.1) is 0 Å². The predicted octanol–water partition coefficient (Wildman–Crippen LogP) is 4.80. The van der Waals surface area contributed by atoms with E-state index in [1.807, 2.05) is 12.4 Å². The molecule has 3 heteroatoms. The molecule has 0 fully saturated rings. The van der Waals surface area contributed by atoms with Crippen molar-refractivity contribution in [2.45, 2.75) is 59.2 Å². The van der Waals surface area contributed by atoms with Crippen LogP contribution in [0.4, 0.5) is 0 Å². The van der Waals surface area contributed by atoms with Crippen molar-refractivity contribution in [2.24, 2.45) is 0 Å². The highest BCUT2D eigenvalue weighted by atomic mass is 15.2. The fourth-order valence-corrected chi connectivity index (χ4v) is 4.28. The van der Waals surface area contributed by atoms with E-state index < -0.39 is 0 Å². The predicted molar refractivity (Wildman–Crippen MR) is 109 cm³/mol. The van der Waals surface area contributed by atoms with E-state index >= 15 is 0 Å². The van der Waals surface area contributed by atoms with Crippen LogP contribution in [-0.2, 0) is 25.9 Å². The van der Waals surface area contributed by atoms with Crippen molar-refractivity contribution in [3.8, 4) is 0 Å². The van der Waals surface area contributed by atoms with Gasteiger partial charge in [0.2, 0.25) is 0 Å². The van der Waals surface area contributed by atoms with Crippen LogP contribution >= 0.6 is 0 Å². The Hall–Kier alpha value is -2.13. The molecule has 0 saturated carbocycles. The lowest BCUT2D eigenvalue weighted by Crippen LogP contribution is -2.44. The van der Waals surface area contributed by atoms with Crippen LogP contribution in [-0.4, -0.2) is 26.5 Å². The van der Waals surface area contributed by atoms with Gasteiger partial charge in [-0.25, -0.2) is 0 Å². The van der Waals surface area contributed by atoms with Gasteiger partial charge in [-0.1, -0.05) is 25.1 Å². The van der Waals surface area contributed by atoms with Gasteiger partial charge in [0.1, 0.15) is 0 Å². The zero-order valence-electron chi connectivity index (χ0n) is 16.4. The Labute approximate surface area is 156 Å². The third-order valence-corrected chi connectivity index (χ3v) is 5.78. The molecule has 0 saturated heterocycles. The number of para-hydroxylation sites is 1. The van der Waals surface area contributed by atoms with Gasteiger partial charge in [0.25, 0.3) is 0 Å². The summed E-state index contributed by atoms with van der Waals surface area (Å²) in [7, 11) is 0. The first-order valence-electron chi connectivity index (χ1n) is 9.75. The first-order valence-corrected chi connectivity index (χ1v) is 9.75. The number of rotatable bonds is 3. The number of pyridine rings is 1. The second-order valence-corrected chi connectivity index (χ2v) is 8.38. The summed E-state index contributed by atoms with van der Waals surface area (Å²) in [6.07, 6.45) is 5.99. The van der Waals surface area contributed by atoms with Crippen molar-refractivity contribution < 1.29 is 0 Å². The lowest BCUT2D eigenvalue weighted by Gasteiger charge is -2.38. The molecule has 0 spiro atoms. The van der Waals surface area contributed by atoms with Crippen molar-refractivity contribution >= 4 is 10.9 Å². The summed E-state index contributed by atoms with van der Waals surface area (Å²) < 4.78 is 2.58. The number of hydrogen-bond donors (Lipinski definition) is 0. The monoisotopic (exact) mass is 347 g/mol. The summed E-state index contributed by atoms with van der Waals surface area (Å²) in [6.45, 7) is 12.3. The number of benzene rings is 1. The van der Waals surface area contributed by atoms with E-state index in [0.29, 0.717) is 0 Å². The third kappa shape index (κ3) is 2.95. The van der Waals surface area contributed by atoms with E-state index in [0.717, 1.165) is 32.5 Å². The zero-order valence-corrected chi connectivity index (χ0v) is 16.4. The van der Waals surface area contributed by atoms with Crippen molar-refractivity contribution in [1.82, 2.24) is 14.5 Å². The lowest BCUT2D eigenvalue weighted by atomic mass is 9.97. The summed E-state index contributed by atoms with van der Waals surface area (Å²) in [5, 5.41) is 1.45. The summed E-state index contributed by atoms with van der Waals surface area (Å²) >= 11 is 0. The van der Waals surface area contributed by atoms with E-state index in [9.17, 15) is 0 Å². The molecule has 1 aliphatic heterocycles. The van der Waals surface area contributed by atoms with Crippen molar-refractivity contribution in [1.29, 1.82) is 0 Å². The van der Waals surface area contributed by atoms with E-state index in [2.05, 4.69) is 72.5 Å². The maximum atomic E-state index is 4.18. The molecule has 0 N–H and O–H groups in total. The first-order chi connectivity index (χ1) is 12.5. The zero-order chi connectivity index (χ0) is 18.3.